The number of alkyl halides is 1. The van der Waals surface area contributed by atoms with Crippen molar-refractivity contribution in [3.05, 3.63) is 64.7 Å². The molecule has 3 heteroatoms. The van der Waals surface area contributed by atoms with Gasteiger partial charge in [-0.1, -0.05) is 70.0 Å². The fraction of sp³-hybridized carbons (Fsp3) is 0.294. The summed E-state index contributed by atoms with van der Waals surface area (Å²) in [5.74, 6) is 0. The smallest absolute Gasteiger partial charge is 0.0642 e. The Hall–Kier alpha value is -0.990. The third kappa shape index (κ3) is 3.56. The fourth-order valence-corrected chi connectivity index (χ4v) is 3.04. The van der Waals surface area contributed by atoms with Crippen molar-refractivity contribution in [2.75, 3.05) is 4.90 Å². The van der Waals surface area contributed by atoms with Crippen molar-refractivity contribution in [1.29, 1.82) is 0 Å². The highest BCUT2D eigenvalue weighted by Crippen LogP contribution is 2.33. The molecular formula is C17H19BrClN. The number of rotatable bonds is 5. The van der Waals surface area contributed by atoms with Crippen LogP contribution in [0.3, 0.4) is 0 Å². The van der Waals surface area contributed by atoms with E-state index >= 15 is 0 Å². The lowest BCUT2D eigenvalue weighted by Gasteiger charge is -2.31. The maximum Gasteiger partial charge on any atom is 0.0642 e. The van der Waals surface area contributed by atoms with E-state index in [1.165, 1.54) is 11.1 Å². The molecule has 0 saturated heterocycles. The molecule has 0 N–H and O–H groups in total. The zero-order valence-corrected chi connectivity index (χ0v) is 14.2. The maximum atomic E-state index is 6.45. The second-order valence-electron chi connectivity index (χ2n) is 5.09. The summed E-state index contributed by atoms with van der Waals surface area (Å²) < 4.78 is 0. The van der Waals surface area contributed by atoms with Gasteiger partial charge in [0, 0.05) is 17.9 Å². The highest BCUT2D eigenvalue weighted by atomic mass is 79.9. The molecule has 2 aromatic rings. The summed E-state index contributed by atoms with van der Waals surface area (Å²) in [4.78, 5) is 2.36. The van der Waals surface area contributed by atoms with Crippen molar-refractivity contribution in [2.45, 2.75) is 31.8 Å². The minimum absolute atomic E-state index is 0.382. The van der Waals surface area contributed by atoms with E-state index in [-0.39, 0.29) is 0 Å². The summed E-state index contributed by atoms with van der Waals surface area (Å²) >= 11 is 10.0. The molecular weight excluding hydrogens is 334 g/mol. The number of hydrogen-bond donors (Lipinski definition) is 0. The van der Waals surface area contributed by atoms with Crippen molar-refractivity contribution >= 4 is 33.2 Å². The largest absolute Gasteiger partial charge is 0.363 e. The van der Waals surface area contributed by atoms with Crippen molar-refractivity contribution in [3.63, 3.8) is 0 Å². The van der Waals surface area contributed by atoms with Gasteiger partial charge >= 0.3 is 0 Å². The molecule has 0 aliphatic rings. The zero-order chi connectivity index (χ0) is 14.5. The molecule has 0 aliphatic heterocycles. The first-order chi connectivity index (χ1) is 9.63. The van der Waals surface area contributed by atoms with E-state index in [4.69, 9.17) is 11.6 Å². The molecule has 0 spiro atoms. The summed E-state index contributed by atoms with van der Waals surface area (Å²) in [7, 11) is 0. The first-order valence-electron chi connectivity index (χ1n) is 6.77. The molecule has 0 saturated carbocycles. The van der Waals surface area contributed by atoms with Crippen LogP contribution in [0.2, 0.25) is 5.02 Å². The number of anilines is 1. The summed E-state index contributed by atoms with van der Waals surface area (Å²) in [6.45, 7) is 5.26. The van der Waals surface area contributed by atoms with E-state index in [0.717, 1.165) is 22.6 Å². The van der Waals surface area contributed by atoms with Crippen LogP contribution in [0.15, 0.2) is 48.5 Å². The predicted molar refractivity (Wildman–Crippen MR) is 91.8 cm³/mol. The van der Waals surface area contributed by atoms with E-state index < -0.39 is 0 Å². The monoisotopic (exact) mass is 351 g/mol. The Morgan fingerprint density at radius 3 is 2.35 bits per heavy atom. The Balaban J connectivity index is 2.39. The molecule has 0 radical (unpaired) electrons. The number of nitrogens with zero attached hydrogens (tertiary/aromatic N) is 1. The average molecular weight is 353 g/mol. The van der Waals surface area contributed by atoms with Crippen LogP contribution in [-0.2, 0) is 11.9 Å². The molecule has 0 unspecified atom stereocenters. The quantitative estimate of drug-likeness (QED) is 0.628. The normalized spacial score (nSPS) is 10.8. The van der Waals surface area contributed by atoms with Gasteiger partial charge in [0.15, 0.2) is 0 Å². The Kier molecular flexibility index (Phi) is 5.50. The lowest BCUT2D eigenvalue weighted by Crippen LogP contribution is -2.31. The summed E-state index contributed by atoms with van der Waals surface area (Å²) in [5.41, 5.74) is 3.65. The summed E-state index contributed by atoms with van der Waals surface area (Å²) in [6, 6.07) is 17.0. The van der Waals surface area contributed by atoms with Gasteiger partial charge in [0.1, 0.15) is 0 Å². The van der Waals surface area contributed by atoms with E-state index in [9.17, 15) is 0 Å². The van der Waals surface area contributed by atoms with Crippen LogP contribution >= 0.6 is 27.5 Å². The molecule has 0 amide bonds. The van der Waals surface area contributed by atoms with Gasteiger partial charge in [0.05, 0.1) is 10.7 Å². The Bertz CT molecular complexity index is 554. The lowest BCUT2D eigenvalue weighted by atomic mass is 10.1. The van der Waals surface area contributed by atoms with Crippen LogP contribution in [0.25, 0.3) is 0 Å². The Morgan fingerprint density at radius 2 is 1.75 bits per heavy atom. The van der Waals surface area contributed by atoms with Gasteiger partial charge in [-0.2, -0.15) is 0 Å². The van der Waals surface area contributed by atoms with Crippen LogP contribution < -0.4 is 4.90 Å². The molecule has 106 valence electrons. The van der Waals surface area contributed by atoms with Crippen LogP contribution in [-0.4, -0.2) is 6.04 Å². The molecule has 0 aromatic heterocycles. The van der Waals surface area contributed by atoms with Crippen LogP contribution in [0.4, 0.5) is 5.69 Å². The van der Waals surface area contributed by atoms with Crippen molar-refractivity contribution in [1.82, 2.24) is 0 Å². The third-order valence-corrected chi connectivity index (χ3v) is 4.23. The molecule has 2 aromatic carbocycles. The zero-order valence-electron chi connectivity index (χ0n) is 11.8. The molecule has 0 bridgehead atoms. The van der Waals surface area contributed by atoms with Gasteiger partial charge in [0.25, 0.3) is 0 Å². The number of hydrogen-bond acceptors (Lipinski definition) is 1. The van der Waals surface area contributed by atoms with E-state index in [0.29, 0.717) is 6.04 Å². The van der Waals surface area contributed by atoms with Crippen molar-refractivity contribution in [2.24, 2.45) is 0 Å². The van der Waals surface area contributed by atoms with Gasteiger partial charge in [-0.3, -0.25) is 0 Å². The standard InChI is InChI=1S/C17H19BrClN/c1-13(2)20(12-14-7-4-3-5-8-14)17-15(11-18)9-6-10-16(17)19/h3-10,13H,11-12H2,1-2H3. The third-order valence-electron chi connectivity index (χ3n) is 3.32. The number of para-hydroxylation sites is 1. The van der Waals surface area contributed by atoms with E-state index in [1.807, 2.05) is 18.2 Å². The van der Waals surface area contributed by atoms with Gasteiger partial charge in [0.2, 0.25) is 0 Å². The minimum Gasteiger partial charge on any atom is -0.363 e. The average Bonchev–Trinajstić information content (AvgIpc) is 2.46. The lowest BCUT2D eigenvalue weighted by molar-refractivity contribution is 0.680. The van der Waals surface area contributed by atoms with Crippen molar-refractivity contribution < 1.29 is 0 Å². The molecule has 2 rings (SSSR count). The highest BCUT2D eigenvalue weighted by Gasteiger charge is 2.17. The number of benzene rings is 2. The van der Waals surface area contributed by atoms with Crippen LogP contribution in [0.1, 0.15) is 25.0 Å². The molecule has 0 aliphatic carbocycles. The van der Waals surface area contributed by atoms with Gasteiger partial charge in [-0.05, 0) is 31.0 Å². The summed E-state index contributed by atoms with van der Waals surface area (Å²) in [6.07, 6.45) is 0. The highest BCUT2D eigenvalue weighted by molar-refractivity contribution is 9.08. The second-order valence-corrected chi connectivity index (χ2v) is 6.06. The summed E-state index contributed by atoms with van der Waals surface area (Å²) in [5, 5.41) is 1.62. The first-order valence-corrected chi connectivity index (χ1v) is 8.27. The molecule has 0 fully saturated rings. The SMILES string of the molecule is CC(C)N(Cc1ccccc1)c1c(Cl)cccc1CBr. The van der Waals surface area contributed by atoms with E-state index in [1.54, 1.807) is 0 Å². The fourth-order valence-electron chi connectivity index (χ4n) is 2.29. The molecule has 0 atom stereocenters. The Labute approximate surface area is 134 Å². The molecule has 0 heterocycles. The second kappa shape index (κ2) is 7.14. The van der Waals surface area contributed by atoms with Crippen LogP contribution in [0, 0.1) is 0 Å². The van der Waals surface area contributed by atoms with Gasteiger partial charge in [-0.25, -0.2) is 0 Å². The van der Waals surface area contributed by atoms with Gasteiger partial charge in [-0.15, -0.1) is 0 Å². The number of halogens is 2. The molecule has 1 nitrogen and oxygen atoms in total. The Morgan fingerprint density at radius 1 is 1.05 bits per heavy atom. The topological polar surface area (TPSA) is 3.24 Å². The predicted octanol–water partition coefficient (Wildman–Crippen LogP) is 5.65. The van der Waals surface area contributed by atoms with E-state index in [2.05, 4.69) is 65.0 Å². The van der Waals surface area contributed by atoms with Gasteiger partial charge < -0.3 is 4.90 Å². The maximum absolute atomic E-state index is 6.45. The van der Waals surface area contributed by atoms with Crippen LogP contribution in [0.5, 0.6) is 0 Å². The minimum atomic E-state index is 0.382. The first kappa shape index (κ1) is 15.4. The van der Waals surface area contributed by atoms with Crippen molar-refractivity contribution in [3.8, 4) is 0 Å². The molecule has 20 heavy (non-hydrogen) atoms.